The van der Waals surface area contributed by atoms with E-state index in [1.807, 2.05) is 0 Å². The molecule has 1 rings (SSSR count). The molecule has 1 aromatic rings. The zero-order chi connectivity index (χ0) is 12.1. The van der Waals surface area contributed by atoms with E-state index >= 15 is 0 Å². The highest BCUT2D eigenvalue weighted by molar-refractivity contribution is 9.10. The first kappa shape index (κ1) is 13.1. The lowest BCUT2D eigenvalue weighted by molar-refractivity contribution is 0.0945. The molecule has 5 heteroatoms. The Labute approximate surface area is 102 Å². The molecule has 0 saturated heterocycles. The number of carbonyl (C=O) groups excluding carboxylic acids is 1. The Morgan fingerprint density at radius 3 is 2.81 bits per heavy atom. The monoisotopic (exact) mass is 289 g/mol. The highest BCUT2D eigenvalue weighted by atomic mass is 79.9. The van der Waals surface area contributed by atoms with Gasteiger partial charge >= 0.3 is 0 Å². The van der Waals surface area contributed by atoms with Gasteiger partial charge in [-0.05, 0) is 31.5 Å². The quantitative estimate of drug-likeness (QED) is 0.892. The summed E-state index contributed by atoms with van der Waals surface area (Å²) in [5.74, 6) is -0.809. The van der Waals surface area contributed by atoms with Gasteiger partial charge in [0.15, 0.2) is 0 Å². The highest BCUT2D eigenvalue weighted by Gasteiger charge is 2.08. The summed E-state index contributed by atoms with van der Waals surface area (Å²) in [6.45, 7) is 2.01. The van der Waals surface area contributed by atoms with E-state index < -0.39 is 11.9 Å². The van der Waals surface area contributed by atoms with Gasteiger partial charge in [0.25, 0.3) is 5.91 Å². The standard InChI is InChI=1S/C11H13BrFNO2/c1-7(15)2-3-14-11(16)8-4-9(12)6-10(13)5-8/h4-7,15H,2-3H2,1H3,(H,14,16). The van der Waals surface area contributed by atoms with Crippen molar-refractivity contribution in [1.29, 1.82) is 0 Å². The predicted molar refractivity (Wildman–Crippen MR) is 62.7 cm³/mol. The minimum Gasteiger partial charge on any atom is -0.393 e. The molecule has 88 valence electrons. The van der Waals surface area contributed by atoms with Gasteiger partial charge in [0, 0.05) is 16.6 Å². The second kappa shape index (κ2) is 5.96. The third kappa shape index (κ3) is 4.28. The Balaban J connectivity index is 2.59. The van der Waals surface area contributed by atoms with E-state index in [4.69, 9.17) is 5.11 Å². The highest BCUT2D eigenvalue weighted by Crippen LogP contribution is 2.14. The molecule has 1 unspecified atom stereocenters. The van der Waals surface area contributed by atoms with Crippen LogP contribution in [-0.4, -0.2) is 23.7 Å². The number of nitrogens with one attached hydrogen (secondary N) is 1. The van der Waals surface area contributed by atoms with Crippen LogP contribution in [-0.2, 0) is 0 Å². The van der Waals surface area contributed by atoms with E-state index in [-0.39, 0.29) is 11.5 Å². The lowest BCUT2D eigenvalue weighted by atomic mass is 10.2. The second-order valence-corrected chi connectivity index (χ2v) is 4.47. The first-order valence-electron chi connectivity index (χ1n) is 4.91. The summed E-state index contributed by atoms with van der Waals surface area (Å²) in [7, 11) is 0. The van der Waals surface area contributed by atoms with Crippen LogP contribution in [0, 0.1) is 5.82 Å². The van der Waals surface area contributed by atoms with Crippen LogP contribution in [0.25, 0.3) is 0 Å². The molecule has 1 aromatic carbocycles. The second-order valence-electron chi connectivity index (χ2n) is 3.55. The average molecular weight is 290 g/mol. The third-order valence-electron chi connectivity index (χ3n) is 1.97. The molecule has 3 nitrogen and oxygen atoms in total. The van der Waals surface area contributed by atoms with Crippen LogP contribution in [0.1, 0.15) is 23.7 Å². The third-order valence-corrected chi connectivity index (χ3v) is 2.43. The fourth-order valence-corrected chi connectivity index (χ4v) is 1.65. The van der Waals surface area contributed by atoms with E-state index in [0.717, 1.165) is 0 Å². The number of hydrogen-bond acceptors (Lipinski definition) is 2. The summed E-state index contributed by atoms with van der Waals surface area (Å²) in [6.07, 6.45) is 0.0157. The van der Waals surface area contributed by atoms with E-state index in [1.54, 1.807) is 13.0 Å². The number of benzene rings is 1. The maximum Gasteiger partial charge on any atom is 0.251 e. The van der Waals surface area contributed by atoms with Gasteiger partial charge < -0.3 is 10.4 Å². The van der Waals surface area contributed by atoms with Crippen molar-refractivity contribution in [2.45, 2.75) is 19.4 Å². The smallest absolute Gasteiger partial charge is 0.251 e. The Bertz CT molecular complexity index is 362. The van der Waals surface area contributed by atoms with Crippen molar-refractivity contribution in [1.82, 2.24) is 5.32 Å². The fraction of sp³-hybridized carbons (Fsp3) is 0.364. The summed E-state index contributed by atoms with van der Waals surface area (Å²) < 4.78 is 13.5. The molecule has 0 radical (unpaired) electrons. The van der Waals surface area contributed by atoms with Crippen molar-refractivity contribution < 1.29 is 14.3 Å². The SMILES string of the molecule is CC(O)CCNC(=O)c1cc(F)cc(Br)c1. The molecule has 0 aliphatic heterocycles. The fourth-order valence-electron chi connectivity index (χ4n) is 1.18. The molecule has 0 saturated carbocycles. The van der Waals surface area contributed by atoms with Gasteiger partial charge in [0.2, 0.25) is 0 Å². The predicted octanol–water partition coefficient (Wildman–Crippen LogP) is 2.09. The molecule has 1 amide bonds. The summed E-state index contributed by atoms with van der Waals surface area (Å²) in [5, 5.41) is 11.6. The molecular formula is C11H13BrFNO2. The minimum absolute atomic E-state index is 0.262. The van der Waals surface area contributed by atoms with Gasteiger partial charge in [-0.25, -0.2) is 4.39 Å². The molecular weight excluding hydrogens is 277 g/mol. The van der Waals surface area contributed by atoms with Crippen molar-refractivity contribution in [3.63, 3.8) is 0 Å². The zero-order valence-electron chi connectivity index (χ0n) is 8.84. The van der Waals surface area contributed by atoms with Crippen LogP contribution >= 0.6 is 15.9 Å². The Hall–Kier alpha value is -0.940. The Kier molecular flexibility index (Phi) is 4.89. The number of carbonyl (C=O) groups is 1. The molecule has 0 aliphatic rings. The topological polar surface area (TPSA) is 49.3 Å². The molecule has 0 spiro atoms. The maximum absolute atomic E-state index is 13.0. The van der Waals surface area contributed by atoms with Gasteiger partial charge in [-0.1, -0.05) is 15.9 Å². The van der Waals surface area contributed by atoms with Gasteiger partial charge in [-0.3, -0.25) is 4.79 Å². The molecule has 1 atom stereocenters. The minimum atomic E-state index is -0.463. The van der Waals surface area contributed by atoms with Gasteiger partial charge in [0.05, 0.1) is 6.10 Å². The van der Waals surface area contributed by atoms with Crippen LogP contribution in [0.4, 0.5) is 4.39 Å². The molecule has 2 N–H and O–H groups in total. The van der Waals surface area contributed by atoms with Crippen molar-refractivity contribution >= 4 is 21.8 Å². The normalized spacial score (nSPS) is 12.2. The summed E-state index contributed by atoms with van der Waals surface area (Å²) in [4.78, 5) is 11.6. The number of aliphatic hydroxyl groups is 1. The van der Waals surface area contributed by atoms with Crippen molar-refractivity contribution in [2.24, 2.45) is 0 Å². The molecule has 0 bridgehead atoms. The van der Waals surface area contributed by atoms with E-state index in [0.29, 0.717) is 17.4 Å². The molecule has 16 heavy (non-hydrogen) atoms. The van der Waals surface area contributed by atoms with Crippen LogP contribution in [0.5, 0.6) is 0 Å². The van der Waals surface area contributed by atoms with Crippen LogP contribution in [0.3, 0.4) is 0 Å². The summed E-state index contributed by atoms with van der Waals surface area (Å²) in [5.41, 5.74) is 0.262. The Morgan fingerprint density at radius 2 is 2.25 bits per heavy atom. The van der Waals surface area contributed by atoms with E-state index in [2.05, 4.69) is 21.2 Å². The van der Waals surface area contributed by atoms with Crippen LogP contribution in [0.2, 0.25) is 0 Å². The molecule has 0 aromatic heterocycles. The lowest BCUT2D eigenvalue weighted by Gasteiger charge is -2.07. The zero-order valence-corrected chi connectivity index (χ0v) is 10.4. The largest absolute Gasteiger partial charge is 0.393 e. The number of halogens is 2. The van der Waals surface area contributed by atoms with E-state index in [9.17, 15) is 9.18 Å². The number of amides is 1. The lowest BCUT2D eigenvalue weighted by Crippen LogP contribution is -2.26. The maximum atomic E-state index is 13.0. The van der Waals surface area contributed by atoms with Gasteiger partial charge in [-0.2, -0.15) is 0 Å². The first-order valence-corrected chi connectivity index (χ1v) is 5.70. The van der Waals surface area contributed by atoms with Crippen LogP contribution < -0.4 is 5.32 Å². The van der Waals surface area contributed by atoms with Gasteiger partial charge in [-0.15, -0.1) is 0 Å². The average Bonchev–Trinajstić information content (AvgIpc) is 2.15. The number of hydrogen-bond donors (Lipinski definition) is 2. The van der Waals surface area contributed by atoms with E-state index in [1.165, 1.54) is 12.1 Å². The first-order chi connectivity index (χ1) is 7.49. The summed E-state index contributed by atoms with van der Waals surface area (Å²) in [6, 6.07) is 4.00. The number of rotatable bonds is 4. The van der Waals surface area contributed by atoms with Crippen molar-refractivity contribution in [2.75, 3.05) is 6.54 Å². The van der Waals surface area contributed by atoms with Crippen LogP contribution in [0.15, 0.2) is 22.7 Å². The van der Waals surface area contributed by atoms with Crippen molar-refractivity contribution in [3.05, 3.63) is 34.1 Å². The molecule has 0 fully saturated rings. The summed E-state index contributed by atoms with van der Waals surface area (Å²) >= 11 is 3.11. The van der Waals surface area contributed by atoms with Crippen molar-refractivity contribution in [3.8, 4) is 0 Å². The van der Waals surface area contributed by atoms with Gasteiger partial charge in [0.1, 0.15) is 5.82 Å². The number of aliphatic hydroxyl groups excluding tert-OH is 1. The Morgan fingerprint density at radius 1 is 1.56 bits per heavy atom. The molecule has 0 heterocycles. The molecule has 0 aliphatic carbocycles.